The number of nitrogens with zero attached hydrogens (tertiary/aromatic N) is 1. The maximum absolute atomic E-state index is 13.2. The highest BCUT2D eigenvalue weighted by molar-refractivity contribution is 7.89. The number of benzene rings is 2. The Kier molecular flexibility index (Phi) is 9.02. The zero-order chi connectivity index (χ0) is 19.5. The van der Waals surface area contributed by atoms with Gasteiger partial charge in [-0.3, -0.25) is 0 Å². The topological polar surface area (TPSA) is 37.4 Å². The van der Waals surface area contributed by atoms with Gasteiger partial charge in [-0.15, -0.1) is 0 Å². The van der Waals surface area contributed by atoms with Crippen molar-refractivity contribution < 1.29 is 8.42 Å². The van der Waals surface area contributed by atoms with Gasteiger partial charge in [-0.25, -0.2) is 8.42 Å². The Balaban J connectivity index is 2.14. The van der Waals surface area contributed by atoms with Gasteiger partial charge in [0.2, 0.25) is 10.0 Å². The van der Waals surface area contributed by atoms with Gasteiger partial charge in [0, 0.05) is 13.1 Å². The molecule has 0 unspecified atom stereocenters. The SMILES string of the molecule is CCCCCCN(CCCCC)S(=O)(=O)c1ccc(-c2ccccc2)cc1. The zero-order valence-electron chi connectivity index (χ0n) is 16.7. The van der Waals surface area contributed by atoms with Crippen molar-refractivity contribution in [3.8, 4) is 11.1 Å². The van der Waals surface area contributed by atoms with Crippen molar-refractivity contribution in [2.24, 2.45) is 0 Å². The summed E-state index contributed by atoms with van der Waals surface area (Å²) >= 11 is 0. The van der Waals surface area contributed by atoms with Crippen LogP contribution in [0, 0.1) is 0 Å². The summed E-state index contributed by atoms with van der Waals surface area (Å²) in [5.74, 6) is 0. The highest BCUT2D eigenvalue weighted by Gasteiger charge is 2.23. The molecule has 0 N–H and O–H groups in total. The van der Waals surface area contributed by atoms with E-state index in [1.807, 2.05) is 42.5 Å². The standard InChI is InChI=1S/C23H33NO2S/c1-3-5-7-12-20-24(19-11-6-4-2)27(25,26)23-17-15-22(16-18-23)21-13-9-8-10-14-21/h8-10,13-18H,3-7,11-12,19-20H2,1-2H3. The maximum Gasteiger partial charge on any atom is 0.243 e. The molecule has 0 amide bonds. The number of unbranched alkanes of at least 4 members (excludes halogenated alkanes) is 5. The lowest BCUT2D eigenvalue weighted by molar-refractivity contribution is 0.387. The lowest BCUT2D eigenvalue weighted by Gasteiger charge is -2.22. The molecule has 0 saturated heterocycles. The molecule has 0 fully saturated rings. The molecule has 0 saturated carbocycles. The molecule has 0 heterocycles. The fourth-order valence-electron chi connectivity index (χ4n) is 3.20. The Labute approximate surface area is 165 Å². The van der Waals surface area contributed by atoms with Gasteiger partial charge in [0.25, 0.3) is 0 Å². The average molecular weight is 388 g/mol. The minimum Gasteiger partial charge on any atom is -0.207 e. The molecule has 0 aliphatic carbocycles. The smallest absolute Gasteiger partial charge is 0.207 e. The zero-order valence-corrected chi connectivity index (χ0v) is 17.5. The van der Waals surface area contributed by atoms with E-state index < -0.39 is 10.0 Å². The molecule has 0 bridgehead atoms. The van der Waals surface area contributed by atoms with E-state index in [1.54, 1.807) is 16.4 Å². The second-order valence-electron chi connectivity index (χ2n) is 7.06. The average Bonchev–Trinajstić information content (AvgIpc) is 2.70. The second kappa shape index (κ2) is 11.3. The van der Waals surface area contributed by atoms with Gasteiger partial charge < -0.3 is 0 Å². The van der Waals surface area contributed by atoms with Crippen LogP contribution in [0.15, 0.2) is 59.5 Å². The third-order valence-corrected chi connectivity index (χ3v) is 6.78. The molecule has 3 nitrogen and oxygen atoms in total. The van der Waals surface area contributed by atoms with Crippen molar-refractivity contribution in [1.82, 2.24) is 4.31 Å². The first-order valence-electron chi connectivity index (χ1n) is 10.2. The molecule has 27 heavy (non-hydrogen) atoms. The Morgan fingerprint density at radius 3 is 1.78 bits per heavy atom. The van der Waals surface area contributed by atoms with E-state index in [0.29, 0.717) is 18.0 Å². The van der Waals surface area contributed by atoms with E-state index >= 15 is 0 Å². The van der Waals surface area contributed by atoms with Crippen LogP contribution in [-0.4, -0.2) is 25.8 Å². The summed E-state index contributed by atoms with van der Waals surface area (Å²) in [5, 5.41) is 0. The van der Waals surface area contributed by atoms with Crippen LogP contribution in [0.1, 0.15) is 58.8 Å². The minimum absolute atomic E-state index is 0.397. The second-order valence-corrected chi connectivity index (χ2v) is 9.00. The maximum atomic E-state index is 13.2. The third kappa shape index (κ3) is 6.47. The van der Waals surface area contributed by atoms with Crippen LogP contribution in [0.4, 0.5) is 0 Å². The highest BCUT2D eigenvalue weighted by Crippen LogP contribution is 2.23. The summed E-state index contributed by atoms with van der Waals surface area (Å²) in [6, 6.07) is 17.3. The molecule has 148 valence electrons. The van der Waals surface area contributed by atoms with Gasteiger partial charge in [0.15, 0.2) is 0 Å². The predicted octanol–water partition coefficient (Wildman–Crippen LogP) is 6.11. The fourth-order valence-corrected chi connectivity index (χ4v) is 4.72. The van der Waals surface area contributed by atoms with E-state index in [2.05, 4.69) is 13.8 Å². The lowest BCUT2D eigenvalue weighted by Crippen LogP contribution is -2.33. The molecule has 0 spiro atoms. The number of hydrogen-bond donors (Lipinski definition) is 0. The third-order valence-electron chi connectivity index (χ3n) is 4.87. The van der Waals surface area contributed by atoms with Gasteiger partial charge in [-0.05, 0) is 36.1 Å². The van der Waals surface area contributed by atoms with Gasteiger partial charge in [0.05, 0.1) is 4.90 Å². The van der Waals surface area contributed by atoms with E-state index in [1.165, 1.54) is 0 Å². The predicted molar refractivity (Wildman–Crippen MR) is 114 cm³/mol. The molecule has 0 aliphatic rings. The molecule has 2 aromatic rings. The van der Waals surface area contributed by atoms with Crippen LogP contribution in [-0.2, 0) is 10.0 Å². The molecule has 0 aromatic heterocycles. The van der Waals surface area contributed by atoms with Crippen LogP contribution in [0.2, 0.25) is 0 Å². The molecule has 0 aliphatic heterocycles. The molecular weight excluding hydrogens is 354 g/mol. The Bertz CT molecular complexity index is 755. The van der Waals surface area contributed by atoms with Crippen molar-refractivity contribution in [2.45, 2.75) is 63.7 Å². The quantitative estimate of drug-likeness (QED) is 0.412. The Morgan fingerprint density at radius 2 is 1.19 bits per heavy atom. The molecule has 2 aromatic carbocycles. The van der Waals surface area contributed by atoms with E-state index in [-0.39, 0.29) is 0 Å². The number of sulfonamides is 1. The van der Waals surface area contributed by atoms with E-state index in [0.717, 1.165) is 56.1 Å². The first kappa shape index (κ1) is 21.6. The van der Waals surface area contributed by atoms with E-state index in [4.69, 9.17) is 0 Å². The van der Waals surface area contributed by atoms with Crippen molar-refractivity contribution in [1.29, 1.82) is 0 Å². The fraction of sp³-hybridized carbons (Fsp3) is 0.478. The summed E-state index contributed by atoms with van der Waals surface area (Å²) in [4.78, 5) is 0.397. The summed E-state index contributed by atoms with van der Waals surface area (Å²) in [7, 11) is -3.43. The van der Waals surface area contributed by atoms with Gasteiger partial charge in [-0.1, -0.05) is 88.4 Å². The van der Waals surface area contributed by atoms with Gasteiger partial charge >= 0.3 is 0 Å². The summed E-state index contributed by atoms with van der Waals surface area (Å²) in [6.45, 7) is 5.54. The lowest BCUT2D eigenvalue weighted by atomic mass is 10.1. The first-order valence-corrected chi connectivity index (χ1v) is 11.7. The van der Waals surface area contributed by atoms with Crippen LogP contribution >= 0.6 is 0 Å². The summed E-state index contributed by atoms with van der Waals surface area (Å²) in [5.41, 5.74) is 2.14. The first-order chi connectivity index (χ1) is 13.1. The molecular formula is C23H33NO2S. The Hall–Kier alpha value is -1.65. The molecule has 4 heteroatoms. The molecule has 0 atom stereocenters. The monoisotopic (exact) mass is 387 g/mol. The van der Waals surface area contributed by atoms with Crippen molar-refractivity contribution in [2.75, 3.05) is 13.1 Å². The van der Waals surface area contributed by atoms with Gasteiger partial charge in [0.1, 0.15) is 0 Å². The van der Waals surface area contributed by atoms with Crippen LogP contribution < -0.4 is 0 Å². The summed E-state index contributed by atoms with van der Waals surface area (Å²) in [6.07, 6.45) is 7.41. The minimum atomic E-state index is -3.43. The highest BCUT2D eigenvalue weighted by atomic mass is 32.2. The summed E-state index contributed by atoms with van der Waals surface area (Å²) < 4.78 is 28.0. The van der Waals surface area contributed by atoms with Crippen molar-refractivity contribution >= 4 is 10.0 Å². The van der Waals surface area contributed by atoms with Crippen LogP contribution in [0.3, 0.4) is 0 Å². The molecule has 2 rings (SSSR count). The van der Waals surface area contributed by atoms with Gasteiger partial charge in [-0.2, -0.15) is 4.31 Å². The normalized spacial score (nSPS) is 11.8. The van der Waals surface area contributed by atoms with Crippen LogP contribution in [0.5, 0.6) is 0 Å². The largest absolute Gasteiger partial charge is 0.243 e. The Morgan fingerprint density at radius 1 is 0.667 bits per heavy atom. The van der Waals surface area contributed by atoms with Crippen molar-refractivity contribution in [3.63, 3.8) is 0 Å². The van der Waals surface area contributed by atoms with Crippen LogP contribution in [0.25, 0.3) is 11.1 Å². The van der Waals surface area contributed by atoms with E-state index in [9.17, 15) is 8.42 Å². The van der Waals surface area contributed by atoms with Crippen molar-refractivity contribution in [3.05, 3.63) is 54.6 Å². The number of rotatable bonds is 12. The number of hydrogen-bond acceptors (Lipinski definition) is 2. The molecule has 0 radical (unpaired) electrons.